The predicted octanol–water partition coefficient (Wildman–Crippen LogP) is 4.70. The largest absolute Gasteiger partial charge is 0.491 e. The van der Waals surface area contributed by atoms with Crippen LogP contribution in [0.1, 0.15) is 0 Å². The molecule has 0 aliphatic heterocycles. The Kier molecular flexibility index (Phi) is 5.78. The average molecular weight is 495 g/mol. The lowest BCUT2D eigenvalue weighted by Gasteiger charge is -2.11. The molecule has 0 atom stereocenters. The van der Waals surface area contributed by atoms with Crippen molar-refractivity contribution in [1.29, 1.82) is 0 Å². The minimum absolute atomic E-state index is 0.330. The molecule has 0 saturated heterocycles. The molecule has 6 aromatic rings. The fourth-order valence-electron chi connectivity index (χ4n) is 4.16. The summed E-state index contributed by atoms with van der Waals surface area (Å²) in [5, 5.41) is 8.35. The number of aromatic nitrogens is 7. The summed E-state index contributed by atoms with van der Waals surface area (Å²) in [5.41, 5.74) is 5.30. The Morgan fingerprint density at radius 3 is 2.68 bits per heavy atom. The predicted molar refractivity (Wildman–Crippen MR) is 139 cm³/mol. The summed E-state index contributed by atoms with van der Waals surface area (Å²) in [6, 6.07) is 10.5. The molecule has 0 aliphatic carbocycles. The zero-order chi connectivity index (χ0) is 25.4. The summed E-state index contributed by atoms with van der Waals surface area (Å²) in [5.74, 6) is 0.894. The molecular weight excluding hydrogens is 471 g/mol. The van der Waals surface area contributed by atoms with Crippen molar-refractivity contribution in [2.75, 3.05) is 27.2 Å². The van der Waals surface area contributed by atoms with E-state index >= 15 is 0 Å². The van der Waals surface area contributed by atoms with Crippen LogP contribution in [0.4, 0.5) is 4.39 Å². The molecule has 9 nitrogen and oxygen atoms in total. The molecule has 1 aromatic carbocycles. The zero-order valence-corrected chi connectivity index (χ0v) is 20.2. The van der Waals surface area contributed by atoms with Crippen LogP contribution in [0.5, 0.6) is 5.75 Å². The normalized spacial score (nSPS) is 11.6. The highest BCUT2D eigenvalue weighted by Gasteiger charge is 2.18. The van der Waals surface area contributed by atoms with Gasteiger partial charge in [0.2, 0.25) is 0 Å². The van der Waals surface area contributed by atoms with E-state index in [9.17, 15) is 4.39 Å². The van der Waals surface area contributed by atoms with Crippen LogP contribution in [-0.2, 0) is 0 Å². The molecule has 0 spiro atoms. The molecular formula is C27H23FN8O. The van der Waals surface area contributed by atoms with Crippen molar-refractivity contribution in [3.8, 4) is 39.7 Å². The SMILES string of the molecule is CN(C)CCOc1cncc(-c2cc3c(-c4nc5c(-c6ccccc6F)cncc5[nH]4)n[nH]c3cn2)c1. The third-order valence-electron chi connectivity index (χ3n) is 6.05. The lowest BCUT2D eigenvalue weighted by Crippen LogP contribution is -2.19. The van der Waals surface area contributed by atoms with Gasteiger partial charge in [-0.3, -0.25) is 20.1 Å². The first-order chi connectivity index (χ1) is 18.1. The molecule has 0 radical (unpaired) electrons. The van der Waals surface area contributed by atoms with Gasteiger partial charge < -0.3 is 14.6 Å². The number of ether oxygens (including phenoxy) is 1. The van der Waals surface area contributed by atoms with E-state index in [1.165, 1.54) is 6.07 Å². The van der Waals surface area contributed by atoms with Crippen molar-refractivity contribution in [2.24, 2.45) is 0 Å². The number of nitrogens with zero attached hydrogens (tertiary/aromatic N) is 6. The number of halogens is 1. The molecule has 0 aliphatic rings. The van der Waals surface area contributed by atoms with Crippen molar-refractivity contribution in [2.45, 2.75) is 0 Å². The Balaban J connectivity index is 1.39. The van der Waals surface area contributed by atoms with Crippen LogP contribution in [0.15, 0.2) is 67.4 Å². The summed E-state index contributed by atoms with van der Waals surface area (Å²) in [6.07, 6.45) is 8.47. The maximum atomic E-state index is 14.5. The summed E-state index contributed by atoms with van der Waals surface area (Å²) >= 11 is 0. The minimum Gasteiger partial charge on any atom is -0.491 e. The van der Waals surface area contributed by atoms with E-state index in [0.29, 0.717) is 46.0 Å². The van der Waals surface area contributed by atoms with Crippen LogP contribution in [-0.4, -0.2) is 67.3 Å². The molecule has 37 heavy (non-hydrogen) atoms. The Hall–Kier alpha value is -4.70. The first kappa shape index (κ1) is 22.7. The van der Waals surface area contributed by atoms with Crippen LogP contribution in [0, 0.1) is 5.82 Å². The molecule has 5 heterocycles. The van der Waals surface area contributed by atoms with Gasteiger partial charge in [0.25, 0.3) is 0 Å². The van der Waals surface area contributed by atoms with Gasteiger partial charge in [-0.1, -0.05) is 18.2 Å². The van der Waals surface area contributed by atoms with E-state index < -0.39 is 0 Å². The topological polar surface area (TPSA) is 109 Å². The molecule has 6 rings (SSSR count). The third-order valence-corrected chi connectivity index (χ3v) is 6.05. The maximum absolute atomic E-state index is 14.5. The standard InChI is InChI=1S/C27H23FN8O/c1-36(2)7-8-37-17-9-16(11-29-12-17)22-10-19-23(15-31-22)34-35-26(19)27-32-24-14-30-13-20(25(24)33-27)18-5-3-4-6-21(18)28/h3-6,9-15H,7-8H2,1-2H3,(H,32,33)(H,34,35). The summed E-state index contributed by atoms with van der Waals surface area (Å²) in [7, 11) is 4.00. The van der Waals surface area contributed by atoms with Crippen molar-refractivity contribution in [3.05, 3.63) is 73.2 Å². The summed E-state index contributed by atoms with van der Waals surface area (Å²) in [4.78, 5) is 23.3. The second-order valence-electron chi connectivity index (χ2n) is 8.90. The number of H-pyrrole nitrogens is 2. The Labute approximate surface area is 211 Å². The molecule has 0 bridgehead atoms. The number of pyridine rings is 3. The fraction of sp³-hybridized carbons (Fsp3) is 0.148. The van der Waals surface area contributed by atoms with Gasteiger partial charge in [0.15, 0.2) is 5.82 Å². The van der Waals surface area contributed by atoms with E-state index in [-0.39, 0.29) is 5.82 Å². The number of benzene rings is 1. The molecule has 5 aromatic heterocycles. The summed E-state index contributed by atoms with van der Waals surface area (Å²) < 4.78 is 20.4. The van der Waals surface area contributed by atoms with Crippen LogP contribution >= 0.6 is 0 Å². The van der Waals surface area contributed by atoms with Crippen LogP contribution in [0.3, 0.4) is 0 Å². The second kappa shape index (κ2) is 9.40. The second-order valence-corrected chi connectivity index (χ2v) is 8.90. The Morgan fingerprint density at radius 1 is 0.946 bits per heavy atom. The highest BCUT2D eigenvalue weighted by atomic mass is 19.1. The number of nitrogens with one attached hydrogen (secondary N) is 2. The molecule has 0 unspecified atom stereocenters. The minimum atomic E-state index is -0.330. The number of aromatic amines is 2. The highest BCUT2D eigenvalue weighted by Crippen LogP contribution is 2.33. The monoisotopic (exact) mass is 494 g/mol. The number of likely N-dealkylation sites (N-methyl/N-ethyl adjacent to an activating group) is 1. The number of hydrogen-bond donors (Lipinski definition) is 2. The quantitative estimate of drug-likeness (QED) is 0.331. The lowest BCUT2D eigenvalue weighted by molar-refractivity contribution is 0.261. The van der Waals surface area contributed by atoms with E-state index in [1.54, 1.807) is 49.2 Å². The number of fused-ring (bicyclic) bond motifs is 2. The first-order valence-corrected chi connectivity index (χ1v) is 11.7. The molecule has 10 heteroatoms. The van der Waals surface area contributed by atoms with E-state index in [1.807, 2.05) is 26.2 Å². The summed E-state index contributed by atoms with van der Waals surface area (Å²) in [6.45, 7) is 1.37. The van der Waals surface area contributed by atoms with E-state index in [2.05, 4.69) is 35.0 Å². The van der Waals surface area contributed by atoms with Gasteiger partial charge in [-0.05, 0) is 32.3 Å². The zero-order valence-electron chi connectivity index (χ0n) is 20.2. The Bertz CT molecular complexity index is 1720. The van der Waals surface area contributed by atoms with Crippen molar-refractivity contribution in [1.82, 2.24) is 40.0 Å². The Morgan fingerprint density at radius 2 is 1.81 bits per heavy atom. The van der Waals surface area contributed by atoms with Gasteiger partial charge in [0.1, 0.15) is 29.4 Å². The van der Waals surface area contributed by atoms with Crippen molar-refractivity contribution in [3.63, 3.8) is 0 Å². The third kappa shape index (κ3) is 4.38. The number of imidazole rings is 1. The highest BCUT2D eigenvalue weighted by molar-refractivity contribution is 5.97. The molecule has 2 N–H and O–H groups in total. The van der Waals surface area contributed by atoms with Crippen molar-refractivity contribution >= 4 is 21.9 Å². The maximum Gasteiger partial charge on any atom is 0.159 e. The number of hydrogen-bond acceptors (Lipinski definition) is 7. The van der Waals surface area contributed by atoms with Crippen LogP contribution in [0.25, 0.3) is 55.8 Å². The van der Waals surface area contributed by atoms with Gasteiger partial charge in [-0.15, -0.1) is 0 Å². The van der Waals surface area contributed by atoms with Gasteiger partial charge in [-0.25, -0.2) is 9.37 Å². The van der Waals surface area contributed by atoms with Gasteiger partial charge in [0, 0.05) is 41.0 Å². The lowest BCUT2D eigenvalue weighted by atomic mass is 10.1. The van der Waals surface area contributed by atoms with Gasteiger partial charge in [-0.2, -0.15) is 5.10 Å². The molecule has 0 amide bonds. The smallest absolute Gasteiger partial charge is 0.159 e. The molecule has 0 fully saturated rings. The van der Waals surface area contributed by atoms with Crippen LogP contribution in [0.2, 0.25) is 0 Å². The first-order valence-electron chi connectivity index (χ1n) is 11.7. The molecule has 184 valence electrons. The van der Waals surface area contributed by atoms with Gasteiger partial charge in [0.05, 0.1) is 35.3 Å². The van der Waals surface area contributed by atoms with Crippen LogP contribution < -0.4 is 4.74 Å². The van der Waals surface area contributed by atoms with E-state index in [4.69, 9.17) is 9.72 Å². The number of rotatable bonds is 7. The fourth-order valence-corrected chi connectivity index (χ4v) is 4.16. The van der Waals surface area contributed by atoms with Crippen molar-refractivity contribution < 1.29 is 9.13 Å². The van der Waals surface area contributed by atoms with E-state index in [0.717, 1.165) is 28.7 Å². The molecule has 0 saturated carbocycles. The average Bonchev–Trinajstić information content (AvgIpc) is 3.52. The van der Waals surface area contributed by atoms with Gasteiger partial charge >= 0.3 is 0 Å².